The van der Waals surface area contributed by atoms with Gasteiger partial charge in [-0.3, -0.25) is 9.59 Å². The second-order valence-corrected chi connectivity index (χ2v) is 8.88. The van der Waals surface area contributed by atoms with Gasteiger partial charge in [0.1, 0.15) is 11.8 Å². The maximum Gasteiger partial charge on any atom is 0.243 e. The van der Waals surface area contributed by atoms with E-state index < -0.39 is 6.04 Å². The van der Waals surface area contributed by atoms with Crippen molar-refractivity contribution in [1.29, 1.82) is 0 Å². The van der Waals surface area contributed by atoms with Crippen LogP contribution in [0.3, 0.4) is 0 Å². The lowest BCUT2D eigenvalue weighted by Crippen LogP contribution is -2.48. The van der Waals surface area contributed by atoms with Crippen molar-refractivity contribution >= 4 is 35.2 Å². The summed E-state index contributed by atoms with van der Waals surface area (Å²) in [7, 11) is 4.57. The van der Waals surface area contributed by atoms with Crippen LogP contribution < -0.4 is 24.8 Å². The van der Waals surface area contributed by atoms with Gasteiger partial charge in [0, 0.05) is 22.9 Å². The zero-order valence-corrected chi connectivity index (χ0v) is 21.2. The molecule has 3 rings (SSSR count). The van der Waals surface area contributed by atoms with E-state index in [1.54, 1.807) is 36.4 Å². The van der Waals surface area contributed by atoms with E-state index in [4.69, 9.17) is 30.2 Å². The van der Waals surface area contributed by atoms with E-state index in [-0.39, 0.29) is 30.5 Å². The number of carbonyl (C=O) groups excluding carboxylic acids is 2. The summed E-state index contributed by atoms with van der Waals surface area (Å²) < 4.78 is 21.5. The molecule has 0 fully saturated rings. The Bertz CT molecular complexity index is 1100. The molecule has 35 heavy (non-hydrogen) atoms. The molecule has 186 valence electrons. The molecule has 1 heterocycles. The largest absolute Gasteiger partial charge is 0.493 e. The summed E-state index contributed by atoms with van der Waals surface area (Å²) in [6, 6.07) is 13.4. The minimum Gasteiger partial charge on any atom is -0.493 e. The number of rotatable bonds is 12. The van der Waals surface area contributed by atoms with E-state index in [1.807, 2.05) is 12.1 Å². The van der Waals surface area contributed by atoms with Crippen LogP contribution in [0.2, 0.25) is 5.02 Å². The number of nitrogens with one attached hydrogen (secondary N) is 2. The highest BCUT2D eigenvalue weighted by atomic mass is 35.5. The standard InChI is InChI=1S/C25H27ClN2O6S/c1-31-21-11-16(12-22(32-2)24(21)33-3)14-27-25(30)20(13-18-5-4-10-34-18)28-23(29)15-35-19-8-6-17(26)7-9-19/h4-12,20H,13-15H2,1-3H3,(H,27,30)(H,28,29). The fraction of sp³-hybridized carbons (Fsp3) is 0.280. The Hall–Kier alpha value is -3.30. The Balaban J connectivity index is 1.65. The predicted octanol–water partition coefficient (Wildman–Crippen LogP) is 4.09. The zero-order valence-electron chi connectivity index (χ0n) is 19.6. The van der Waals surface area contributed by atoms with Gasteiger partial charge in [0.05, 0.1) is 33.3 Å². The van der Waals surface area contributed by atoms with Crippen molar-refractivity contribution in [2.24, 2.45) is 0 Å². The fourth-order valence-corrected chi connectivity index (χ4v) is 4.14. The summed E-state index contributed by atoms with van der Waals surface area (Å²) in [5.41, 5.74) is 0.745. The summed E-state index contributed by atoms with van der Waals surface area (Å²) in [5, 5.41) is 6.30. The van der Waals surface area contributed by atoms with Crippen LogP contribution >= 0.6 is 23.4 Å². The second-order valence-electron chi connectivity index (χ2n) is 7.40. The molecule has 2 aromatic carbocycles. The van der Waals surface area contributed by atoms with Crippen LogP contribution in [0.15, 0.2) is 64.1 Å². The predicted molar refractivity (Wildman–Crippen MR) is 134 cm³/mol. The first-order valence-corrected chi connectivity index (χ1v) is 12.1. The van der Waals surface area contributed by atoms with E-state index in [2.05, 4.69) is 10.6 Å². The first-order valence-electron chi connectivity index (χ1n) is 10.7. The van der Waals surface area contributed by atoms with Crippen LogP contribution in [-0.2, 0) is 22.6 Å². The van der Waals surface area contributed by atoms with Crippen molar-refractivity contribution in [2.45, 2.75) is 23.9 Å². The van der Waals surface area contributed by atoms with E-state index in [0.717, 1.165) is 10.5 Å². The number of amides is 2. The number of furan rings is 1. The van der Waals surface area contributed by atoms with E-state index in [0.29, 0.717) is 28.0 Å². The molecule has 0 radical (unpaired) electrons. The van der Waals surface area contributed by atoms with Gasteiger partial charge in [-0.05, 0) is 54.1 Å². The number of ether oxygens (including phenoxy) is 3. The Morgan fingerprint density at radius 2 is 1.71 bits per heavy atom. The molecular formula is C25H27ClN2O6S. The van der Waals surface area contributed by atoms with E-state index in [9.17, 15) is 9.59 Å². The number of hydrogen-bond donors (Lipinski definition) is 2. The van der Waals surface area contributed by atoms with Crippen LogP contribution in [-0.4, -0.2) is 44.9 Å². The quantitative estimate of drug-likeness (QED) is 0.348. The third-order valence-electron chi connectivity index (χ3n) is 5.01. The molecule has 0 spiro atoms. The number of hydrogen-bond acceptors (Lipinski definition) is 7. The van der Waals surface area contributed by atoms with Crippen molar-refractivity contribution in [3.8, 4) is 17.2 Å². The summed E-state index contributed by atoms with van der Waals surface area (Å²) in [5.74, 6) is 1.54. The Labute approximate surface area is 213 Å². The number of methoxy groups -OCH3 is 3. The molecule has 1 unspecified atom stereocenters. The van der Waals surface area contributed by atoms with Crippen molar-refractivity contribution in [2.75, 3.05) is 27.1 Å². The fourth-order valence-electron chi connectivity index (χ4n) is 3.30. The molecule has 2 amide bonds. The Morgan fingerprint density at radius 1 is 1.03 bits per heavy atom. The van der Waals surface area contributed by atoms with Crippen LogP contribution in [0, 0.1) is 0 Å². The van der Waals surface area contributed by atoms with Crippen LogP contribution in [0.5, 0.6) is 17.2 Å². The molecule has 3 aromatic rings. The van der Waals surface area contributed by atoms with Crippen molar-refractivity contribution in [3.05, 3.63) is 71.1 Å². The molecule has 0 aliphatic heterocycles. The first-order chi connectivity index (χ1) is 16.9. The highest BCUT2D eigenvalue weighted by molar-refractivity contribution is 8.00. The van der Waals surface area contributed by atoms with Crippen LogP contribution in [0.25, 0.3) is 0 Å². The Morgan fingerprint density at radius 3 is 2.29 bits per heavy atom. The highest BCUT2D eigenvalue weighted by Crippen LogP contribution is 2.38. The van der Waals surface area contributed by atoms with Gasteiger partial charge >= 0.3 is 0 Å². The molecule has 10 heteroatoms. The van der Waals surface area contributed by atoms with Crippen molar-refractivity contribution < 1.29 is 28.2 Å². The Kier molecular flexibility index (Phi) is 9.75. The molecule has 0 bridgehead atoms. The van der Waals surface area contributed by atoms with Crippen LogP contribution in [0.4, 0.5) is 0 Å². The maximum absolute atomic E-state index is 13.0. The number of benzene rings is 2. The average Bonchev–Trinajstić information content (AvgIpc) is 3.39. The average molecular weight is 519 g/mol. The third kappa shape index (κ3) is 7.60. The van der Waals surface area contributed by atoms with Gasteiger partial charge in [-0.25, -0.2) is 0 Å². The highest BCUT2D eigenvalue weighted by Gasteiger charge is 2.23. The molecule has 1 atom stereocenters. The maximum atomic E-state index is 13.0. The van der Waals surface area contributed by atoms with E-state index in [1.165, 1.54) is 39.4 Å². The molecule has 0 saturated heterocycles. The van der Waals surface area contributed by atoms with Gasteiger partial charge in [0.15, 0.2) is 11.5 Å². The van der Waals surface area contributed by atoms with Gasteiger partial charge < -0.3 is 29.3 Å². The third-order valence-corrected chi connectivity index (χ3v) is 6.28. The smallest absolute Gasteiger partial charge is 0.243 e. The second kappa shape index (κ2) is 13.0. The van der Waals surface area contributed by atoms with E-state index >= 15 is 0 Å². The minimum atomic E-state index is -0.818. The van der Waals surface area contributed by atoms with Gasteiger partial charge in [-0.1, -0.05) is 11.6 Å². The lowest BCUT2D eigenvalue weighted by atomic mass is 10.1. The number of halogens is 1. The van der Waals surface area contributed by atoms with Crippen molar-refractivity contribution in [1.82, 2.24) is 10.6 Å². The molecule has 0 saturated carbocycles. The van der Waals surface area contributed by atoms with Gasteiger partial charge in [-0.15, -0.1) is 11.8 Å². The van der Waals surface area contributed by atoms with Gasteiger partial charge in [0.2, 0.25) is 17.6 Å². The topological polar surface area (TPSA) is 99.0 Å². The zero-order chi connectivity index (χ0) is 25.2. The normalized spacial score (nSPS) is 11.4. The molecule has 8 nitrogen and oxygen atoms in total. The van der Waals surface area contributed by atoms with Gasteiger partial charge in [-0.2, -0.15) is 0 Å². The molecule has 0 aliphatic carbocycles. The molecule has 2 N–H and O–H groups in total. The minimum absolute atomic E-state index is 0.149. The summed E-state index contributed by atoms with van der Waals surface area (Å²) in [4.78, 5) is 26.6. The SMILES string of the molecule is COc1cc(CNC(=O)C(Cc2ccco2)NC(=O)CSc2ccc(Cl)cc2)cc(OC)c1OC. The molecular weight excluding hydrogens is 492 g/mol. The monoisotopic (exact) mass is 518 g/mol. The van der Waals surface area contributed by atoms with Crippen molar-refractivity contribution in [3.63, 3.8) is 0 Å². The number of carbonyl (C=O) groups is 2. The summed E-state index contributed by atoms with van der Waals surface area (Å²) >= 11 is 7.26. The summed E-state index contributed by atoms with van der Waals surface area (Å²) in [6.07, 6.45) is 1.74. The molecule has 0 aliphatic rings. The molecule has 1 aromatic heterocycles. The van der Waals surface area contributed by atoms with Crippen LogP contribution in [0.1, 0.15) is 11.3 Å². The lowest BCUT2D eigenvalue weighted by Gasteiger charge is -2.19. The number of thioether (sulfide) groups is 1. The lowest BCUT2D eigenvalue weighted by molar-refractivity contribution is -0.128. The summed E-state index contributed by atoms with van der Waals surface area (Å²) in [6.45, 7) is 0.194. The first kappa shape index (κ1) is 26.3. The van der Waals surface area contributed by atoms with Gasteiger partial charge in [0.25, 0.3) is 0 Å².